The molecule has 0 amide bonds. The summed E-state index contributed by atoms with van der Waals surface area (Å²) in [6.45, 7) is 3.42. The van der Waals surface area contributed by atoms with Crippen LogP contribution in [0.1, 0.15) is 19.3 Å². The zero-order valence-corrected chi connectivity index (χ0v) is 11.5. The maximum atomic E-state index is 5.46. The Morgan fingerprint density at radius 3 is 3.00 bits per heavy atom. The van der Waals surface area contributed by atoms with Crippen molar-refractivity contribution in [3.63, 3.8) is 0 Å². The number of anilines is 1. The lowest BCUT2D eigenvalue weighted by Crippen LogP contribution is -2.36. The smallest absolute Gasteiger partial charge is 0.142 e. The van der Waals surface area contributed by atoms with E-state index in [1.54, 1.807) is 7.11 Å². The minimum Gasteiger partial charge on any atom is -0.495 e. The number of hydrogen-bond acceptors (Lipinski definition) is 3. The van der Waals surface area contributed by atoms with Gasteiger partial charge in [0.05, 0.1) is 12.8 Å². The lowest BCUT2D eigenvalue weighted by molar-refractivity contribution is 0.378. The molecule has 1 heterocycles. The fourth-order valence-electron chi connectivity index (χ4n) is 2.76. The largest absolute Gasteiger partial charge is 0.495 e. The van der Waals surface area contributed by atoms with E-state index < -0.39 is 0 Å². The molecule has 0 aromatic heterocycles. The van der Waals surface area contributed by atoms with Gasteiger partial charge in [0.1, 0.15) is 5.75 Å². The predicted molar refractivity (Wildman–Crippen MR) is 76.5 cm³/mol. The molecule has 0 aliphatic carbocycles. The summed E-state index contributed by atoms with van der Waals surface area (Å²) in [6, 6.07) is 8.34. The van der Waals surface area contributed by atoms with Crippen molar-refractivity contribution >= 4 is 5.69 Å². The fourth-order valence-corrected chi connectivity index (χ4v) is 2.76. The van der Waals surface area contributed by atoms with Gasteiger partial charge in [0.2, 0.25) is 0 Å². The molecule has 2 rings (SSSR count). The van der Waals surface area contributed by atoms with Crippen LogP contribution in [-0.2, 0) is 0 Å². The molecule has 1 aromatic carbocycles. The van der Waals surface area contributed by atoms with Gasteiger partial charge in [-0.3, -0.25) is 0 Å². The van der Waals surface area contributed by atoms with Crippen LogP contribution in [0.5, 0.6) is 5.75 Å². The van der Waals surface area contributed by atoms with Crippen LogP contribution in [0.2, 0.25) is 0 Å². The van der Waals surface area contributed by atoms with Gasteiger partial charge < -0.3 is 15.0 Å². The number of nitrogens with one attached hydrogen (secondary N) is 1. The van der Waals surface area contributed by atoms with Crippen LogP contribution in [0.4, 0.5) is 5.69 Å². The van der Waals surface area contributed by atoms with E-state index >= 15 is 0 Å². The lowest BCUT2D eigenvalue weighted by Gasteiger charge is -2.35. The molecule has 1 saturated heterocycles. The van der Waals surface area contributed by atoms with E-state index in [9.17, 15) is 0 Å². The highest BCUT2D eigenvalue weighted by Gasteiger charge is 2.21. The number of methoxy groups -OCH3 is 1. The molecule has 1 aliphatic rings. The van der Waals surface area contributed by atoms with E-state index in [-0.39, 0.29) is 0 Å². The van der Waals surface area contributed by atoms with Gasteiger partial charge in [-0.15, -0.1) is 0 Å². The van der Waals surface area contributed by atoms with Gasteiger partial charge in [-0.25, -0.2) is 0 Å². The summed E-state index contributed by atoms with van der Waals surface area (Å²) in [5, 5.41) is 3.25. The SMILES string of the molecule is CNCCC1CCCN(c2ccccc2OC)C1. The first-order valence-electron chi connectivity index (χ1n) is 6.87. The normalized spacial score (nSPS) is 19.9. The summed E-state index contributed by atoms with van der Waals surface area (Å²) in [5.41, 5.74) is 1.24. The Balaban J connectivity index is 2.03. The van der Waals surface area contributed by atoms with Gasteiger partial charge in [0.15, 0.2) is 0 Å². The second-order valence-corrected chi connectivity index (χ2v) is 5.02. The third-order valence-corrected chi connectivity index (χ3v) is 3.75. The zero-order chi connectivity index (χ0) is 12.8. The maximum Gasteiger partial charge on any atom is 0.142 e. The number of hydrogen-bond donors (Lipinski definition) is 1. The molecule has 3 heteroatoms. The molecule has 1 aromatic rings. The standard InChI is InChI=1S/C15H24N2O/c1-16-10-9-13-6-5-11-17(12-13)14-7-3-4-8-15(14)18-2/h3-4,7-8,13,16H,5-6,9-12H2,1-2H3. The Labute approximate surface area is 110 Å². The molecule has 18 heavy (non-hydrogen) atoms. The quantitative estimate of drug-likeness (QED) is 0.866. The first-order chi connectivity index (χ1) is 8.85. The Morgan fingerprint density at radius 1 is 1.39 bits per heavy atom. The molecule has 1 N–H and O–H groups in total. The predicted octanol–water partition coefficient (Wildman–Crippen LogP) is 2.52. The second-order valence-electron chi connectivity index (χ2n) is 5.02. The fraction of sp³-hybridized carbons (Fsp3) is 0.600. The molecule has 0 radical (unpaired) electrons. The Morgan fingerprint density at radius 2 is 2.22 bits per heavy atom. The van der Waals surface area contributed by atoms with Crippen LogP contribution < -0.4 is 15.0 Å². The van der Waals surface area contributed by atoms with Crippen molar-refractivity contribution in [3.05, 3.63) is 24.3 Å². The van der Waals surface area contributed by atoms with Gasteiger partial charge in [0.25, 0.3) is 0 Å². The summed E-state index contributed by atoms with van der Waals surface area (Å²) in [6.07, 6.45) is 3.90. The van der Waals surface area contributed by atoms with Crippen molar-refractivity contribution in [1.82, 2.24) is 5.32 Å². The summed E-state index contributed by atoms with van der Waals surface area (Å²) in [7, 11) is 3.78. The average molecular weight is 248 g/mol. The molecule has 100 valence electrons. The van der Waals surface area contributed by atoms with E-state index in [0.29, 0.717) is 0 Å². The zero-order valence-electron chi connectivity index (χ0n) is 11.5. The Hall–Kier alpha value is -1.22. The van der Waals surface area contributed by atoms with E-state index in [1.165, 1.54) is 24.9 Å². The molecular weight excluding hydrogens is 224 g/mol. The molecule has 0 bridgehead atoms. The van der Waals surface area contributed by atoms with Gasteiger partial charge in [-0.1, -0.05) is 12.1 Å². The lowest BCUT2D eigenvalue weighted by atomic mass is 9.94. The van der Waals surface area contributed by atoms with Gasteiger partial charge in [-0.05, 0) is 50.9 Å². The van der Waals surface area contributed by atoms with E-state index in [1.807, 2.05) is 19.2 Å². The number of ether oxygens (including phenoxy) is 1. The van der Waals surface area contributed by atoms with Crippen molar-refractivity contribution in [2.45, 2.75) is 19.3 Å². The summed E-state index contributed by atoms with van der Waals surface area (Å²) in [5.74, 6) is 1.79. The number of benzene rings is 1. The number of piperidine rings is 1. The first-order valence-corrected chi connectivity index (χ1v) is 6.87. The van der Waals surface area contributed by atoms with E-state index in [4.69, 9.17) is 4.74 Å². The van der Waals surface area contributed by atoms with E-state index in [0.717, 1.165) is 31.3 Å². The minimum absolute atomic E-state index is 0.802. The number of rotatable bonds is 5. The minimum atomic E-state index is 0.802. The van der Waals surface area contributed by atoms with Crippen molar-refractivity contribution < 1.29 is 4.74 Å². The highest BCUT2D eigenvalue weighted by Crippen LogP contribution is 2.31. The molecule has 1 aliphatic heterocycles. The molecule has 0 saturated carbocycles. The van der Waals surface area contributed by atoms with Crippen LogP contribution in [0.15, 0.2) is 24.3 Å². The highest BCUT2D eigenvalue weighted by atomic mass is 16.5. The molecule has 1 atom stereocenters. The van der Waals surface area contributed by atoms with Crippen molar-refractivity contribution in [2.24, 2.45) is 5.92 Å². The van der Waals surface area contributed by atoms with Crippen molar-refractivity contribution in [2.75, 3.05) is 38.7 Å². The third-order valence-electron chi connectivity index (χ3n) is 3.75. The first kappa shape index (κ1) is 13.2. The second kappa shape index (κ2) is 6.64. The van der Waals surface area contributed by atoms with Gasteiger partial charge in [-0.2, -0.15) is 0 Å². The van der Waals surface area contributed by atoms with Gasteiger partial charge >= 0.3 is 0 Å². The van der Waals surface area contributed by atoms with Crippen LogP contribution >= 0.6 is 0 Å². The van der Waals surface area contributed by atoms with E-state index in [2.05, 4.69) is 22.3 Å². The summed E-state index contributed by atoms with van der Waals surface area (Å²) in [4.78, 5) is 2.47. The van der Waals surface area contributed by atoms with Crippen LogP contribution in [0.3, 0.4) is 0 Å². The molecule has 1 unspecified atom stereocenters. The Bertz CT molecular complexity index is 367. The summed E-state index contributed by atoms with van der Waals surface area (Å²) >= 11 is 0. The third kappa shape index (κ3) is 3.16. The summed E-state index contributed by atoms with van der Waals surface area (Å²) < 4.78 is 5.46. The Kier molecular flexibility index (Phi) is 4.88. The van der Waals surface area contributed by atoms with Crippen molar-refractivity contribution in [1.29, 1.82) is 0 Å². The molecule has 0 spiro atoms. The monoisotopic (exact) mass is 248 g/mol. The number of para-hydroxylation sites is 2. The van der Waals surface area contributed by atoms with Crippen LogP contribution in [-0.4, -0.2) is 33.8 Å². The van der Waals surface area contributed by atoms with Gasteiger partial charge in [0, 0.05) is 13.1 Å². The molecular formula is C15H24N2O. The highest BCUT2D eigenvalue weighted by molar-refractivity contribution is 5.58. The average Bonchev–Trinajstić information content (AvgIpc) is 2.45. The van der Waals surface area contributed by atoms with Crippen LogP contribution in [0.25, 0.3) is 0 Å². The molecule has 3 nitrogen and oxygen atoms in total. The van der Waals surface area contributed by atoms with Crippen LogP contribution in [0, 0.1) is 5.92 Å². The van der Waals surface area contributed by atoms with Crippen molar-refractivity contribution in [3.8, 4) is 5.75 Å². The molecule has 1 fully saturated rings. The topological polar surface area (TPSA) is 24.5 Å². The maximum absolute atomic E-state index is 5.46. The number of nitrogens with zero attached hydrogens (tertiary/aromatic N) is 1.